The van der Waals surface area contributed by atoms with E-state index in [1.807, 2.05) is 0 Å². The highest BCUT2D eigenvalue weighted by Crippen LogP contribution is 2.24. The maximum atomic E-state index is 13.2. The molecule has 152 valence electrons. The van der Waals surface area contributed by atoms with Gasteiger partial charge in [0.2, 0.25) is 11.8 Å². The zero-order valence-electron chi connectivity index (χ0n) is 15.5. The average molecular weight is 399 g/mol. The number of rotatable bonds is 7. The summed E-state index contributed by atoms with van der Waals surface area (Å²) >= 11 is 0. The van der Waals surface area contributed by atoms with Gasteiger partial charge in [0.25, 0.3) is 0 Å². The van der Waals surface area contributed by atoms with Gasteiger partial charge in [-0.15, -0.1) is 5.10 Å². The van der Waals surface area contributed by atoms with Crippen molar-refractivity contribution in [1.29, 1.82) is 0 Å². The Morgan fingerprint density at radius 3 is 2.72 bits per heavy atom. The number of amides is 2. The van der Waals surface area contributed by atoms with Gasteiger partial charge in [0.1, 0.15) is 23.6 Å². The molecule has 2 aromatic heterocycles. The number of hydrogen-bond acceptors (Lipinski definition) is 7. The van der Waals surface area contributed by atoms with E-state index in [0.29, 0.717) is 17.1 Å². The third-order valence-corrected chi connectivity index (χ3v) is 4.63. The van der Waals surface area contributed by atoms with Crippen LogP contribution in [0.2, 0.25) is 0 Å². The van der Waals surface area contributed by atoms with Gasteiger partial charge in [0.05, 0.1) is 6.20 Å². The van der Waals surface area contributed by atoms with Crippen LogP contribution in [0.5, 0.6) is 0 Å². The summed E-state index contributed by atoms with van der Waals surface area (Å²) in [5.74, 6) is -1.77. The lowest BCUT2D eigenvalue weighted by atomic mass is 10.0. The number of anilines is 1. The molecule has 0 aromatic carbocycles. The van der Waals surface area contributed by atoms with E-state index in [1.54, 1.807) is 30.5 Å². The van der Waals surface area contributed by atoms with Gasteiger partial charge >= 0.3 is 5.97 Å². The molecule has 0 radical (unpaired) electrons. The van der Waals surface area contributed by atoms with E-state index in [0.717, 1.165) is 0 Å². The lowest BCUT2D eigenvalue weighted by molar-refractivity contribution is -0.151. The van der Waals surface area contributed by atoms with Gasteiger partial charge in [0, 0.05) is 24.7 Å². The standard InChI is InChI=1S/C18H21N7O4/c19-15-6-4-11(9-21-15)12-10-25(23-22-12)13(5-7-16(20)26)17(27)24-8-2-1-3-14(24)18(28)29/h1-2,4,6,9-10,13-14H,3,5,7-8H2,(H2,19,21)(H2,20,26)(H,28,29)/t13-,14?/m0/s1. The van der Waals surface area contributed by atoms with Crippen LogP contribution in [0.3, 0.4) is 0 Å². The molecule has 11 nitrogen and oxygen atoms in total. The van der Waals surface area contributed by atoms with Gasteiger partial charge in [-0.3, -0.25) is 9.59 Å². The smallest absolute Gasteiger partial charge is 0.326 e. The number of carboxylic acid groups (broad SMARTS) is 1. The summed E-state index contributed by atoms with van der Waals surface area (Å²) in [5, 5.41) is 17.5. The quantitative estimate of drug-likeness (QED) is 0.545. The number of primary amides is 1. The summed E-state index contributed by atoms with van der Waals surface area (Å²) in [6.45, 7) is 0.159. The second-order valence-corrected chi connectivity index (χ2v) is 6.63. The molecule has 0 saturated heterocycles. The molecule has 29 heavy (non-hydrogen) atoms. The Kier molecular flexibility index (Phi) is 5.86. The molecule has 1 unspecified atom stereocenters. The van der Waals surface area contributed by atoms with Crippen LogP contribution in [0.25, 0.3) is 11.3 Å². The van der Waals surface area contributed by atoms with Gasteiger partial charge in [-0.2, -0.15) is 0 Å². The van der Waals surface area contributed by atoms with Gasteiger partial charge < -0.3 is 21.5 Å². The van der Waals surface area contributed by atoms with Crippen molar-refractivity contribution >= 4 is 23.6 Å². The number of aliphatic carboxylic acids is 1. The van der Waals surface area contributed by atoms with Gasteiger partial charge in [-0.05, 0) is 25.0 Å². The molecule has 1 aliphatic heterocycles. The van der Waals surface area contributed by atoms with E-state index in [-0.39, 0.29) is 25.8 Å². The number of hydrogen-bond donors (Lipinski definition) is 3. The highest BCUT2D eigenvalue weighted by atomic mass is 16.4. The van der Waals surface area contributed by atoms with Crippen molar-refractivity contribution in [1.82, 2.24) is 24.9 Å². The first-order chi connectivity index (χ1) is 13.9. The zero-order chi connectivity index (χ0) is 21.0. The van der Waals surface area contributed by atoms with E-state index < -0.39 is 29.9 Å². The minimum Gasteiger partial charge on any atom is -0.480 e. The number of carboxylic acids is 1. The molecule has 2 amide bonds. The molecule has 0 spiro atoms. The number of pyridine rings is 1. The molecule has 0 aliphatic carbocycles. The largest absolute Gasteiger partial charge is 0.480 e. The molecule has 5 N–H and O–H groups in total. The van der Waals surface area contributed by atoms with E-state index in [1.165, 1.54) is 15.8 Å². The van der Waals surface area contributed by atoms with E-state index in [4.69, 9.17) is 11.5 Å². The third-order valence-electron chi connectivity index (χ3n) is 4.63. The normalized spacial score (nSPS) is 17.1. The van der Waals surface area contributed by atoms with Crippen molar-refractivity contribution in [2.45, 2.75) is 31.3 Å². The molecular formula is C18H21N7O4. The molecule has 1 aliphatic rings. The van der Waals surface area contributed by atoms with Crippen LogP contribution in [0, 0.1) is 0 Å². The highest BCUT2D eigenvalue weighted by molar-refractivity contribution is 5.87. The predicted octanol–water partition coefficient (Wildman–Crippen LogP) is -0.0294. The van der Waals surface area contributed by atoms with Crippen LogP contribution in [0.1, 0.15) is 25.3 Å². The van der Waals surface area contributed by atoms with Gasteiger partial charge in [-0.25, -0.2) is 14.5 Å². The molecule has 3 heterocycles. The molecule has 11 heteroatoms. The Balaban J connectivity index is 1.90. The Morgan fingerprint density at radius 1 is 1.28 bits per heavy atom. The first-order valence-corrected chi connectivity index (χ1v) is 8.97. The Labute approximate surface area is 166 Å². The lowest BCUT2D eigenvalue weighted by Gasteiger charge is -2.32. The number of carbonyl (C=O) groups is 3. The van der Waals surface area contributed by atoms with Crippen molar-refractivity contribution in [3.8, 4) is 11.3 Å². The van der Waals surface area contributed by atoms with Crippen LogP contribution in [0.15, 0.2) is 36.7 Å². The van der Waals surface area contributed by atoms with Crippen molar-refractivity contribution in [3.63, 3.8) is 0 Å². The molecule has 0 fully saturated rings. The monoisotopic (exact) mass is 399 g/mol. The molecule has 2 atom stereocenters. The number of nitrogens with two attached hydrogens (primary N) is 2. The maximum Gasteiger partial charge on any atom is 0.326 e. The van der Waals surface area contributed by atoms with E-state index >= 15 is 0 Å². The van der Waals surface area contributed by atoms with Crippen molar-refractivity contribution in [2.75, 3.05) is 12.3 Å². The summed E-state index contributed by atoms with van der Waals surface area (Å²) in [5.41, 5.74) is 11.9. The Hall–Kier alpha value is -3.76. The summed E-state index contributed by atoms with van der Waals surface area (Å²) in [7, 11) is 0. The minimum atomic E-state index is -1.09. The molecule has 3 rings (SSSR count). The third kappa shape index (κ3) is 4.57. The van der Waals surface area contributed by atoms with Crippen LogP contribution in [-0.4, -0.2) is 60.4 Å². The minimum absolute atomic E-state index is 0.0591. The maximum absolute atomic E-state index is 13.2. The average Bonchev–Trinajstić information content (AvgIpc) is 3.18. The van der Waals surface area contributed by atoms with Crippen LogP contribution < -0.4 is 11.5 Å². The fourth-order valence-corrected chi connectivity index (χ4v) is 3.10. The second-order valence-electron chi connectivity index (χ2n) is 6.63. The van der Waals surface area contributed by atoms with Crippen LogP contribution >= 0.6 is 0 Å². The molecule has 0 bridgehead atoms. The number of carbonyl (C=O) groups excluding carboxylic acids is 2. The summed E-state index contributed by atoms with van der Waals surface area (Å²) < 4.78 is 1.33. The SMILES string of the molecule is NC(=O)CC[C@@H](C(=O)N1CC=CCC1C(=O)O)n1cc(-c2ccc(N)nc2)nn1. The predicted molar refractivity (Wildman–Crippen MR) is 102 cm³/mol. The topological polar surface area (TPSA) is 170 Å². The van der Waals surface area contributed by atoms with Crippen molar-refractivity contribution in [3.05, 3.63) is 36.7 Å². The van der Waals surface area contributed by atoms with Crippen molar-refractivity contribution < 1.29 is 19.5 Å². The first kappa shape index (κ1) is 20.0. The number of nitrogens with zero attached hydrogens (tertiary/aromatic N) is 5. The summed E-state index contributed by atoms with van der Waals surface area (Å²) in [6.07, 6.45) is 6.76. The van der Waals surface area contributed by atoms with Crippen molar-refractivity contribution in [2.24, 2.45) is 5.73 Å². The summed E-state index contributed by atoms with van der Waals surface area (Å²) in [6, 6.07) is 1.43. The fourth-order valence-electron chi connectivity index (χ4n) is 3.10. The van der Waals surface area contributed by atoms with Gasteiger partial charge in [-0.1, -0.05) is 17.4 Å². The molecular weight excluding hydrogens is 378 g/mol. The van der Waals surface area contributed by atoms with E-state index in [2.05, 4.69) is 15.3 Å². The first-order valence-electron chi connectivity index (χ1n) is 8.97. The zero-order valence-corrected chi connectivity index (χ0v) is 15.5. The fraction of sp³-hybridized carbons (Fsp3) is 0.333. The Bertz CT molecular complexity index is 938. The van der Waals surface area contributed by atoms with E-state index in [9.17, 15) is 19.5 Å². The molecule has 2 aromatic rings. The van der Waals surface area contributed by atoms with Crippen LogP contribution in [0.4, 0.5) is 5.82 Å². The lowest BCUT2D eigenvalue weighted by Crippen LogP contribution is -2.49. The number of aromatic nitrogens is 4. The Morgan fingerprint density at radius 2 is 2.07 bits per heavy atom. The highest BCUT2D eigenvalue weighted by Gasteiger charge is 2.35. The number of nitrogen functional groups attached to an aromatic ring is 1. The van der Waals surface area contributed by atoms with Crippen LogP contribution in [-0.2, 0) is 14.4 Å². The summed E-state index contributed by atoms with van der Waals surface area (Å²) in [4.78, 5) is 41.3. The second kappa shape index (κ2) is 8.50. The van der Waals surface area contributed by atoms with Gasteiger partial charge in [0.15, 0.2) is 0 Å². The molecule has 0 saturated carbocycles.